The van der Waals surface area contributed by atoms with Gasteiger partial charge < -0.3 is 18.9 Å². The number of urea groups is 1. The Morgan fingerprint density at radius 3 is 2.20 bits per heavy atom. The third kappa shape index (κ3) is 7.09. The molecule has 4 aromatic carbocycles. The van der Waals surface area contributed by atoms with Crippen molar-refractivity contribution in [2.45, 2.75) is 20.1 Å². The van der Waals surface area contributed by atoms with E-state index in [0.29, 0.717) is 51.9 Å². The van der Waals surface area contributed by atoms with Crippen molar-refractivity contribution in [3.05, 3.63) is 118 Å². The van der Waals surface area contributed by atoms with Crippen molar-refractivity contribution in [3.63, 3.8) is 0 Å². The standard InChI is InChI=1S/C34H29BrN2O7/c1-3-42-27-13-11-26(12-14-27)37-33(39)28(32(38)36-34(37)40)19-24-18-25(35)10-16-29(24)43-21-23-9-15-30(31(17-23)41-2)44-20-22-7-5-4-6-8-22/h4-19H,3,20-21H2,1-2H3,(H,36,38,40)/b28-19+. The Bertz CT molecular complexity index is 1700. The normalized spacial score (nSPS) is 13.9. The molecule has 0 aromatic heterocycles. The number of halogens is 1. The topological polar surface area (TPSA) is 103 Å². The van der Waals surface area contributed by atoms with E-state index in [1.807, 2.05) is 55.5 Å². The van der Waals surface area contributed by atoms with Gasteiger partial charge in [0.25, 0.3) is 11.8 Å². The number of hydrogen-bond donors (Lipinski definition) is 1. The number of barbiturate groups is 1. The zero-order valence-electron chi connectivity index (χ0n) is 24.0. The van der Waals surface area contributed by atoms with Gasteiger partial charge in [-0.1, -0.05) is 52.3 Å². The van der Waals surface area contributed by atoms with Gasteiger partial charge in [-0.25, -0.2) is 9.69 Å². The molecule has 1 N–H and O–H groups in total. The highest BCUT2D eigenvalue weighted by atomic mass is 79.9. The van der Waals surface area contributed by atoms with Crippen molar-refractivity contribution < 1.29 is 33.3 Å². The lowest BCUT2D eigenvalue weighted by Gasteiger charge is -2.26. The molecule has 4 amide bonds. The molecule has 4 aromatic rings. The highest BCUT2D eigenvalue weighted by Crippen LogP contribution is 2.32. The number of hydrogen-bond acceptors (Lipinski definition) is 7. The van der Waals surface area contributed by atoms with Gasteiger partial charge >= 0.3 is 6.03 Å². The molecule has 1 aliphatic rings. The van der Waals surface area contributed by atoms with E-state index < -0.39 is 17.8 Å². The first-order valence-electron chi connectivity index (χ1n) is 13.8. The molecule has 1 saturated heterocycles. The zero-order chi connectivity index (χ0) is 31.1. The van der Waals surface area contributed by atoms with Crippen LogP contribution in [0.4, 0.5) is 10.5 Å². The van der Waals surface area contributed by atoms with Crippen LogP contribution >= 0.6 is 15.9 Å². The highest BCUT2D eigenvalue weighted by molar-refractivity contribution is 9.10. The summed E-state index contributed by atoms with van der Waals surface area (Å²) >= 11 is 3.45. The number of ether oxygens (including phenoxy) is 4. The lowest BCUT2D eigenvalue weighted by Crippen LogP contribution is -2.54. The average Bonchev–Trinajstić information content (AvgIpc) is 3.03. The first kappa shape index (κ1) is 30.4. The summed E-state index contributed by atoms with van der Waals surface area (Å²) < 4.78 is 23.8. The Morgan fingerprint density at radius 2 is 1.48 bits per heavy atom. The second-order valence-corrected chi connectivity index (χ2v) is 10.5. The summed E-state index contributed by atoms with van der Waals surface area (Å²) in [6, 6.07) is 26.2. The molecule has 0 spiro atoms. The van der Waals surface area contributed by atoms with Gasteiger partial charge in [0.15, 0.2) is 11.5 Å². The van der Waals surface area contributed by atoms with Crippen LogP contribution in [0.1, 0.15) is 23.6 Å². The van der Waals surface area contributed by atoms with E-state index in [0.717, 1.165) is 16.0 Å². The smallest absolute Gasteiger partial charge is 0.335 e. The molecule has 0 unspecified atom stereocenters. The Morgan fingerprint density at radius 1 is 0.773 bits per heavy atom. The number of carbonyl (C=O) groups excluding carboxylic acids is 3. The van der Waals surface area contributed by atoms with Crippen LogP contribution in [0.3, 0.4) is 0 Å². The van der Waals surface area contributed by atoms with Gasteiger partial charge in [0.05, 0.1) is 19.4 Å². The van der Waals surface area contributed by atoms with Gasteiger partial charge in [-0.2, -0.15) is 0 Å². The van der Waals surface area contributed by atoms with Crippen molar-refractivity contribution in [2.24, 2.45) is 0 Å². The quantitative estimate of drug-likeness (QED) is 0.142. The predicted octanol–water partition coefficient (Wildman–Crippen LogP) is 6.68. The number of benzene rings is 4. The molecule has 0 bridgehead atoms. The van der Waals surface area contributed by atoms with E-state index in [9.17, 15) is 14.4 Å². The first-order valence-corrected chi connectivity index (χ1v) is 14.6. The molecule has 9 nitrogen and oxygen atoms in total. The van der Waals surface area contributed by atoms with Gasteiger partial charge in [0.2, 0.25) is 0 Å². The van der Waals surface area contributed by atoms with Crippen LogP contribution in [-0.2, 0) is 22.8 Å². The van der Waals surface area contributed by atoms with E-state index in [-0.39, 0.29) is 12.2 Å². The van der Waals surface area contributed by atoms with E-state index >= 15 is 0 Å². The van der Waals surface area contributed by atoms with Gasteiger partial charge in [-0.15, -0.1) is 0 Å². The minimum Gasteiger partial charge on any atom is -0.494 e. The second kappa shape index (κ2) is 13.9. The molecule has 1 aliphatic heterocycles. The van der Waals surface area contributed by atoms with Crippen LogP contribution in [0.2, 0.25) is 0 Å². The van der Waals surface area contributed by atoms with Crippen LogP contribution in [0.15, 0.2) is 101 Å². The number of nitrogens with one attached hydrogen (secondary N) is 1. The van der Waals surface area contributed by atoms with E-state index in [1.165, 1.54) is 6.08 Å². The van der Waals surface area contributed by atoms with Crippen LogP contribution in [0.25, 0.3) is 6.08 Å². The summed E-state index contributed by atoms with van der Waals surface area (Å²) in [5.74, 6) is 0.616. The average molecular weight is 658 g/mol. The second-order valence-electron chi connectivity index (χ2n) is 9.62. The lowest BCUT2D eigenvalue weighted by atomic mass is 10.1. The van der Waals surface area contributed by atoms with Crippen LogP contribution in [0, 0.1) is 0 Å². The lowest BCUT2D eigenvalue weighted by molar-refractivity contribution is -0.122. The molecule has 0 radical (unpaired) electrons. The molecule has 1 heterocycles. The summed E-state index contributed by atoms with van der Waals surface area (Å²) in [7, 11) is 1.57. The maximum Gasteiger partial charge on any atom is 0.335 e. The van der Waals surface area contributed by atoms with Crippen molar-refractivity contribution in [3.8, 4) is 23.0 Å². The number of anilines is 1. The van der Waals surface area contributed by atoms with Crippen molar-refractivity contribution in [1.29, 1.82) is 0 Å². The van der Waals surface area contributed by atoms with E-state index in [1.54, 1.807) is 49.6 Å². The van der Waals surface area contributed by atoms with Gasteiger partial charge in [0, 0.05) is 10.0 Å². The molecule has 0 atom stereocenters. The van der Waals surface area contributed by atoms with Gasteiger partial charge in [-0.3, -0.25) is 14.9 Å². The number of imide groups is 2. The van der Waals surface area contributed by atoms with Crippen molar-refractivity contribution in [1.82, 2.24) is 5.32 Å². The van der Waals surface area contributed by atoms with E-state index in [2.05, 4.69) is 21.2 Å². The first-order chi connectivity index (χ1) is 21.4. The summed E-state index contributed by atoms with van der Waals surface area (Å²) in [6.45, 7) is 2.90. The number of methoxy groups -OCH3 is 1. The largest absolute Gasteiger partial charge is 0.494 e. The summed E-state index contributed by atoms with van der Waals surface area (Å²) in [5, 5.41) is 2.25. The number of rotatable bonds is 11. The molecule has 224 valence electrons. The summed E-state index contributed by atoms with van der Waals surface area (Å²) in [5.41, 5.74) is 2.40. The van der Waals surface area contributed by atoms with Crippen molar-refractivity contribution >= 4 is 45.5 Å². The molecular formula is C34H29BrN2O7. The summed E-state index contributed by atoms with van der Waals surface area (Å²) in [4.78, 5) is 39.8. The third-order valence-corrected chi connectivity index (χ3v) is 7.13. The van der Waals surface area contributed by atoms with Gasteiger partial charge in [0.1, 0.15) is 30.3 Å². The fraction of sp³-hybridized carbons (Fsp3) is 0.147. The maximum atomic E-state index is 13.5. The number of amides is 4. The summed E-state index contributed by atoms with van der Waals surface area (Å²) in [6.07, 6.45) is 1.41. The van der Waals surface area contributed by atoms with Crippen LogP contribution < -0.4 is 29.2 Å². The molecule has 0 aliphatic carbocycles. The minimum atomic E-state index is -0.836. The molecule has 1 fully saturated rings. The maximum absolute atomic E-state index is 13.5. The predicted molar refractivity (Wildman–Crippen MR) is 169 cm³/mol. The fourth-order valence-corrected chi connectivity index (χ4v) is 4.87. The molecule has 44 heavy (non-hydrogen) atoms. The minimum absolute atomic E-state index is 0.171. The zero-order valence-corrected chi connectivity index (χ0v) is 25.6. The third-order valence-electron chi connectivity index (χ3n) is 6.64. The Labute approximate surface area is 263 Å². The Kier molecular flexibility index (Phi) is 9.61. The van der Waals surface area contributed by atoms with Crippen LogP contribution in [0.5, 0.6) is 23.0 Å². The van der Waals surface area contributed by atoms with Crippen molar-refractivity contribution in [2.75, 3.05) is 18.6 Å². The number of nitrogens with zero attached hydrogens (tertiary/aromatic N) is 1. The number of carbonyl (C=O) groups is 3. The SMILES string of the molecule is CCOc1ccc(N2C(=O)NC(=O)/C(=C\c3cc(Br)ccc3OCc3ccc(OCc4ccccc4)c(OC)c3)C2=O)cc1. The molecule has 0 saturated carbocycles. The monoisotopic (exact) mass is 656 g/mol. The van der Waals surface area contributed by atoms with Crippen LogP contribution in [-0.4, -0.2) is 31.6 Å². The fourth-order valence-electron chi connectivity index (χ4n) is 4.49. The molecule has 5 rings (SSSR count). The molecule has 10 heteroatoms. The Hall–Kier alpha value is -5.09. The molecular weight excluding hydrogens is 628 g/mol. The van der Waals surface area contributed by atoms with Gasteiger partial charge in [-0.05, 0) is 78.7 Å². The Balaban J connectivity index is 1.35. The highest BCUT2D eigenvalue weighted by Gasteiger charge is 2.37. The van der Waals surface area contributed by atoms with E-state index in [4.69, 9.17) is 18.9 Å².